The van der Waals surface area contributed by atoms with Gasteiger partial charge in [0, 0.05) is 23.6 Å². The molecule has 2 aliphatic rings. The number of methoxy groups -OCH3 is 2. The van der Waals surface area contributed by atoms with Crippen LogP contribution >= 0.6 is 12.4 Å². The number of allylic oxidation sites excluding steroid dienone is 2. The molecule has 3 N–H and O–H groups in total. The van der Waals surface area contributed by atoms with Gasteiger partial charge in [-0.25, -0.2) is 14.4 Å². The lowest BCUT2D eigenvalue weighted by atomic mass is 9.80. The fourth-order valence-corrected chi connectivity index (χ4v) is 6.04. The van der Waals surface area contributed by atoms with E-state index in [1.807, 2.05) is 12.1 Å². The summed E-state index contributed by atoms with van der Waals surface area (Å²) in [6.07, 6.45) is 8.27. The molecule has 0 unspecified atom stereocenters. The molecule has 0 aromatic heterocycles. The third kappa shape index (κ3) is 9.05. The van der Waals surface area contributed by atoms with Crippen LogP contribution in [0.3, 0.4) is 0 Å². The highest BCUT2D eigenvalue weighted by Crippen LogP contribution is 2.40. The first-order valence-electron chi connectivity index (χ1n) is 15.1. The monoisotopic (exact) mass is 650 g/mol. The molecule has 11 heteroatoms. The Balaban J connectivity index is 0.00000576. The van der Waals surface area contributed by atoms with Crippen molar-refractivity contribution in [2.24, 2.45) is 0 Å². The first-order valence-corrected chi connectivity index (χ1v) is 15.1. The van der Waals surface area contributed by atoms with Gasteiger partial charge >= 0.3 is 18.0 Å². The van der Waals surface area contributed by atoms with Gasteiger partial charge in [0.2, 0.25) is 0 Å². The van der Waals surface area contributed by atoms with Gasteiger partial charge in [0.05, 0.1) is 31.3 Å². The van der Waals surface area contributed by atoms with Crippen LogP contribution in [0, 0.1) is 12.3 Å². The summed E-state index contributed by atoms with van der Waals surface area (Å²) in [5.41, 5.74) is 4.22. The van der Waals surface area contributed by atoms with Crippen LogP contribution in [0.15, 0.2) is 71.1 Å². The zero-order valence-corrected chi connectivity index (χ0v) is 27.6. The van der Waals surface area contributed by atoms with E-state index in [4.69, 9.17) is 20.6 Å². The Morgan fingerprint density at radius 1 is 0.957 bits per heavy atom. The topological polar surface area (TPSA) is 118 Å². The van der Waals surface area contributed by atoms with Crippen molar-refractivity contribution < 1.29 is 28.6 Å². The summed E-state index contributed by atoms with van der Waals surface area (Å²) in [4.78, 5) is 40.8. The largest absolute Gasteiger partial charge is 0.481 e. The summed E-state index contributed by atoms with van der Waals surface area (Å²) < 4.78 is 15.7. The molecule has 2 amide bonds. The summed E-state index contributed by atoms with van der Waals surface area (Å²) >= 11 is 0. The van der Waals surface area contributed by atoms with E-state index in [0.29, 0.717) is 46.3 Å². The van der Waals surface area contributed by atoms with Crippen molar-refractivity contribution in [3.05, 3.63) is 82.2 Å². The lowest BCUT2D eigenvalue weighted by Gasteiger charge is -2.32. The number of hydrogen-bond acceptors (Lipinski definition) is 8. The van der Waals surface area contributed by atoms with Crippen LogP contribution in [0.1, 0.15) is 56.1 Å². The van der Waals surface area contributed by atoms with E-state index in [0.717, 1.165) is 44.6 Å². The first kappa shape index (κ1) is 36.0. The second-order valence-corrected chi connectivity index (χ2v) is 11.2. The lowest BCUT2D eigenvalue weighted by molar-refractivity contribution is -0.137. The summed E-state index contributed by atoms with van der Waals surface area (Å²) in [6, 6.07) is 14.9. The molecule has 0 aliphatic carbocycles. The molecule has 10 nitrogen and oxygen atoms in total. The Morgan fingerprint density at radius 2 is 1.59 bits per heavy atom. The number of amides is 2. The van der Waals surface area contributed by atoms with Gasteiger partial charge in [-0.15, -0.1) is 18.8 Å². The number of carbonyl (C=O) groups is 3. The molecule has 0 radical (unpaired) electrons. The fraction of sp³-hybridized carbons (Fsp3) is 0.400. The minimum Gasteiger partial charge on any atom is -0.481 e. The maximum Gasteiger partial charge on any atom is 0.336 e. The summed E-state index contributed by atoms with van der Waals surface area (Å²) in [6.45, 7) is 7.20. The van der Waals surface area contributed by atoms with Gasteiger partial charge < -0.3 is 35.1 Å². The number of benzene rings is 2. The molecule has 4 rings (SSSR count). The quantitative estimate of drug-likeness (QED) is 0.175. The fourth-order valence-electron chi connectivity index (χ4n) is 6.04. The lowest BCUT2D eigenvalue weighted by Crippen LogP contribution is -2.36. The summed E-state index contributed by atoms with van der Waals surface area (Å²) in [7, 11) is 2.60. The van der Waals surface area contributed by atoms with Crippen LogP contribution in [0.4, 0.5) is 10.5 Å². The Labute approximate surface area is 277 Å². The summed E-state index contributed by atoms with van der Waals surface area (Å²) in [5, 5.41) is 8.90. The normalized spacial score (nSPS) is 15.6. The van der Waals surface area contributed by atoms with E-state index in [1.165, 1.54) is 19.8 Å². The third-order valence-corrected chi connectivity index (χ3v) is 8.22. The Kier molecular flexibility index (Phi) is 13.5. The van der Waals surface area contributed by atoms with Crippen molar-refractivity contribution in [1.29, 1.82) is 0 Å². The van der Waals surface area contributed by atoms with Gasteiger partial charge in [0.1, 0.15) is 12.4 Å². The molecule has 2 aromatic carbocycles. The van der Waals surface area contributed by atoms with Crippen LogP contribution in [-0.4, -0.2) is 69.9 Å². The van der Waals surface area contributed by atoms with E-state index >= 15 is 0 Å². The first-order chi connectivity index (χ1) is 21.7. The number of rotatable bonds is 11. The minimum absolute atomic E-state index is 0. The number of hydrogen-bond donors (Lipinski definition) is 3. The predicted octanol–water partition coefficient (Wildman–Crippen LogP) is 5.09. The predicted molar refractivity (Wildman–Crippen MR) is 180 cm³/mol. The number of nitrogens with zero attached hydrogens (tertiary/aromatic N) is 1. The molecule has 46 heavy (non-hydrogen) atoms. The molecule has 2 heterocycles. The Hall–Kier alpha value is -4.46. The molecule has 0 atom stereocenters. The number of dihydropyridines is 1. The van der Waals surface area contributed by atoms with Crippen molar-refractivity contribution in [1.82, 2.24) is 15.5 Å². The number of anilines is 1. The molecule has 0 saturated carbocycles. The average molecular weight is 651 g/mol. The van der Waals surface area contributed by atoms with E-state index in [-0.39, 0.29) is 25.0 Å². The van der Waals surface area contributed by atoms with Crippen molar-refractivity contribution in [2.45, 2.75) is 44.9 Å². The summed E-state index contributed by atoms with van der Waals surface area (Å²) in [5.74, 6) is 1.96. The molecule has 1 fully saturated rings. The number of ether oxygens (including phenoxy) is 3. The second-order valence-electron chi connectivity index (χ2n) is 11.2. The molecular weight excluding hydrogens is 608 g/mol. The van der Waals surface area contributed by atoms with Crippen molar-refractivity contribution >= 4 is 36.1 Å². The van der Waals surface area contributed by atoms with Crippen LogP contribution < -0.4 is 20.7 Å². The maximum absolute atomic E-state index is 12.8. The van der Waals surface area contributed by atoms with Gasteiger partial charge in [-0.2, -0.15) is 0 Å². The molecule has 246 valence electrons. The standard InChI is InChI=1S/C35H42N4O6.ClH/c1-6-20-45-29-13-8-10-26(22-29)25-14-18-39(19-15-25)17-9-16-36-35(42)38-28-12-7-11-27(21-28)32-30(33(40)43-4)23(2)37-24(3)31(32)34(41)44-5;/h1,7-8,10-13,21-22,25,32,37H,9,14-20H2,2-5H3,(H2,36,38,42);1H. The van der Waals surface area contributed by atoms with Gasteiger partial charge in [-0.05, 0) is 94.1 Å². The number of esters is 2. The number of likely N-dealkylation sites (tertiary alicyclic amines) is 1. The zero-order chi connectivity index (χ0) is 32.3. The highest BCUT2D eigenvalue weighted by atomic mass is 35.5. The zero-order valence-electron chi connectivity index (χ0n) is 26.8. The van der Waals surface area contributed by atoms with E-state index in [9.17, 15) is 14.4 Å². The van der Waals surface area contributed by atoms with Crippen molar-refractivity contribution in [2.75, 3.05) is 52.3 Å². The molecular formula is C35H43ClN4O6. The van der Waals surface area contributed by atoms with Crippen LogP contribution in [0.2, 0.25) is 0 Å². The van der Waals surface area contributed by atoms with Gasteiger partial charge in [0.15, 0.2) is 0 Å². The van der Waals surface area contributed by atoms with Crippen LogP contribution in [0.5, 0.6) is 5.75 Å². The number of nitrogens with one attached hydrogen (secondary N) is 3. The van der Waals surface area contributed by atoms with E-state index in [1.54, 1.807) is 38.1 Å². The van der Waals surface area contributed by atoms with E-state index < -0.39 is 17.9 Å². The van der Waals surface area contributed by atoms with Crippen molar-refractivity contribution in [3.8, 4) is 18.1 Å². The van der Waals surface area contributed by atoms with Gasteiger partial charge in [0.25, 0.3) is 0 Å². The SMILES string of the molecule is C#CCOc1cccc(C2CCN(CCCNC(=O)Nc3cccc(C4C(C(=O)OC)=C(C)NC(C)=C4C(=O)OC)c3)CC2)c1.Cl. The molecule has 2 aliphatic heterocycles. The van der Waals surface area contributed by atoms with E-state index in [2.05, 4.69) is 38.9 Å². The number of carbonyl (C=O) groups excluding carboxylic acids is 3. The third-order valence-electron chi connectivity index (χ3n) is 8.22. The maximum atomic E-state index is 12.8. The van der Waals surface area contributed by atoms with Gasteiger partial charge in [-0.3, -0.25) is 0 Å². The highest BCUT2D eigenvalue weighted by Gasteiger charge is 2.37. The average Bonchev–Trinajstić information content (AvgIpc) is 3.05. The van der Waals surface area contributed by atoms with Crippen LogP contribution in [0.25, 0.3) is 0 Å². The number of halogens is 1. The van der Waals surface area contributed by atoms with Crippen molar-refractivity contribution in [3.63, 3.8) is 0 Å². The highest BCUT2D eigenvalue weighted by molar-refractivity contribution is 6.00. The molecule has 0 bridgehead atoms. The van der Waals surface area contributed by atoms with Crippen LogP contribution in [-0.2, 0) is 19.1 Å². The Bertz CT molecular complexity index is 1470. The smallest absolute Gasteiger partial charge is 0.336 e. The Morgan fingerprint density at radius 3 is 2.22 bits per heavy atom. The molecule has 2 aromatic rings. The second kappa shape index (κ2) is 17.3. The number of piperidine rings is 1. The number of urea groups is 1. The molecule has 0 spiro atoms. The van der Waals surface area contributed by atoms with Gasteiger partial charge in [-0.1, -0.05) is 30.2 Å². The number of terminal acetylenes is 1. The molecule has 1 saturated heterocycles. The minimum atomic E-state index is -0.731.